The molecule has 0 fully saturated rings. The van der Waals surface area contributed by atoms with Gasteiger partial charge >= 0.3 is 0 Å². The van der Waals surface area contributed by atoms with Gasteiger partial charge in [0.15, 0.2) is 0 Å². The Hall–Kier alpha value is -1.81. The number of halogens is 2. The molecule has 0 amide bonds. The van der Waals surface area contributed by atoms with Crippen molar-refractivity contribution in [3.05, 3.63) is 64.0 Å². The molecule has 0 saturated carbocycles. The summed E-state index contributed by atoms with van der Waals surface area (Å²) in [5, 5.41) is 4.44. The van der Waals surface area contributed by atoms with Crippen molar-refractivity contribution in [1.82, 2.24) is 4.57 Å². The van der Waals surface area contributed by atoms with Crippen LogP contribution >= 0.6 is 15.9 Å². The van der Waals surface area contributed by atoms with Crippen LogP contribution in [-0.2, 0) is 13.6 Å². The fraction of sp³-hybridized carbons (Fsp3) is 0.176. The Morgan fingerprint density at radius 1 is 1.14 bits per heavy atom. The fourth-order valence-electron chi connectivity index (χ4n) is 2.73. The van der Waals surface area contributed by atoms with E-state index in [1.54, 1.807) is 6.07 Å². The van der Waals surface area contributed by atoms with Crippen LogP contribution in [0, 0.1) is 12.7 Å². The Labute approximate surface area is 131 Å². The molecule has 1 N–H and O–H groups in total. The van der Waals surface area contributed by atoms with Gasteiger partial charge in [0, 0.05) is 28.1 Å². The van der Waals surface area contributed by atoms with Gasteiger partial charge in [-0.2, -0.15) is 0 Å². The predicted molar refractivity (Wildman–Crippen MR) is 89.1 cm³/mol. The third kappa shape index (κ3) is 2.44. The van der Waals surface area contributed by atoms with E-state index >= 15 is 0 Å². The van der Waals surface area contributed by atoms with Crippen LogP contribution in [0.4, 0.5) is 10.1 Å². The van der Waals surface area contributed by atoms with Crippen LogP contribution in [-0.4, -0.2) is 4.57 Å². The normalized spacial score (nSPS) is 11.0. The van der Waals surface area contributed by atoms with E-state index in [9.17, 15) is 4.39 Å². The highest BCUT2D eigenvalue weighted by Crippen LogP contribution is 2.28. The van der Waals surface area contributed by atoms with Gasteiger partial charge in [0.1, 0.15) is 5.82 Å². The number of para-hydroxylation sites is 2. The lowest BCUT2D eigenvalue weighted by molar-refractivity contribution is 0.629. The number of aromatic nitrogens is 1. The van der Waals surface area contributed by atoms with Crippen LogP contribution in [0.2, 0.25) is 0 Å². The first-order valence-electron chi connectivity index (χ1n) is 6.80. The lowest BCUT2D eigenvalue weighted by Crippen LogP contribution is -2.07. The van der Waals surface area contributed by atoms with Crippen LogP contribution in [0.25, 0.3) is 10.9 Å². The molecular weight excluding hydrogens is 331 g/mol. The number of nitrogens with zero attached hydrogens (tertiary/aromatic N) is 1. The monoisotopic (exact) mass is 346 g/mol. The molecule has 2 nitrogen and oxygen atoms in total. The van der Waals surface area contributed by atoms with Crippen molar-refractivity contribution in [2.75, 3.05) is 5.32 Å². The minimum absolute atomic E-state index is 0.249. The summed E-state index contributed by atoms with van der Waals surface area (Å²) >= 11 is 3.38. The highest BCUT2D eigenvalue weighted by Gasteiger charge is 2.12. The molecule has 1 heterocycles. The van der Waals surface area contributed by atoms with Gasteiger partial charge in [-0.05, 0) is 46.6 Å². The van der Waals surface area contributed by atoms with Crippen molar-refractivity contribution >= 4 is 32.5 Å². The van der Waals surface area contributed by atoms with Crippen LogP contribution < -0.4 is 5.32 Å². The molecular formula is C17H16BrFN2. The third-order valence-electron chi connectivity index (χ3n) is 3.90. The number of anilines is 1. The van der Waals surface area contributed by atoms with Gasteiger partial charge in [-0.3, -0.25) is 0 Å². The molecule has 2 aromatic carbocycles. The molecule has 0 saturated heterocycles. The molecule has 0 bridgehead atoms. The Morgan fingerprint density at radius 3 is 2.62 bits per heavy atom. The average molecular weight is 347 g/mol. The second-order valence-corrected chi connectivity index (χ2v) is 5.95. The number of benzene rings is 2. The summed E-state index contributed by atoms with van der Waals surface area (Å²) in [6, 6.07) is 13.3. The molecule has 0 aliphatic heterocycles. The van der Waals surface area contributed by atoms with E-state index in [-0.39, 0.29) is 5.82 Å². The molecule has 21 heavy (non-hydrogen) atoms. The van der Waals surface area contributed by atoms with E-state index in [1.807, 2.05) is 25.2 Å². The molecule has 3 rings (SSSR count). The summed E-state index contributed by atoms with van der Waals surface area (Å²) in [6.45, 7) is 2.69. The summed E-state index contributed by atoms with van der Waals surface area (Å²) in [6.07, 6.45) is 0. The van der Waals surface area contributed by atoms with Gasteiger partial charge in [0.2, 0.25) is 0 Å². The number of nitrogens with one attached hydrogen (secondary N) is 1. The minimum Gasteiger partial charge on any atom is -0.376 e. The van der Waals surface area contributed by atoms with E-state index < -0.39 is 0 Å². The molecule has 3 aromatic rings. The van der Waals surface area contributed by atoms with Crippen LogP contribution in [0.1, 0.15) is 11.3 Å². The second kappa shape index (κ2) is 5.53. The number of hydrogen-bond donors (Lipinski definition) is 1. The van der Waals surface area contributed by atoms with Gasteiger partial charge in [-0.25, -0.2) is 4.39 Å². The molecule has 0 atom stereocenters. The Balaban J connectivity index is 1.96. The number of rotatable bonds is 3. The molecule has 0 unspecified atom stereocenters. The largest absolute Gasteiger partial charge is 0.376 e. The molecule has 0 aliphatic rings. The Bertz CT molecular complexity index is 749. The zero-order valence-corrected chi connectivity index (χ0v) is 13.5. The number of aryl methyl sites for hydroxylation is 2. The molecule has 0 radical (unpaired) electrons. The summed E-state index contributed by atoms with van der Waals surface area (Å²) in [7, 11) is 2.04. The molecule has 4 heteroatoms. The van der Waals surface area contributed by atoms with E-state index in [0.717, 1.165) is 10.2 Å². The summed E-state index contributed by atoms with van der Waals surface area (Å²) in [5.74, 6) is -0.249. The first-order chi connectivity index (χ1) is 10.1. The second-order valence-electron chi connectivity index (χ2n) is 5.10. The number of fused-ring (bicyclic) bond motifs is 1. The van der Waals surface area contributed by atoms with Gasteiger partial charge in [0.25, 0.3) is 0 Å². The predicted octanol–water partition coefficient (Wildman–Crippen LogP) is 5.00. The highest BCUT2D eigenvalue weighted by molar-refractivity contribution is 9.10. The topological polar surface area (TPSA) is 17.0 Å². The van der Waals surface area contributed by atoms with Gasteiger partial charge in [-0.15, -0.1) is 0 Å². The number of hydrogen-bond acceptors (Lipinski definition) is 1. The third-order valence-corrected chi connectivity index (χ3v) is 4.56. The maximum atomic E-state index is 13.9. The van der Waals surface area contributed by atoms with Crippen molar-refractivity contribution in [1.29, 1.82) is 0 Å². The van der Waals surface area contributed by atoms with Gasteiger partial charge < -0.3 is 9.88 Å². The van der Waals surface area contributed by atoms with Crippen LogP contribution in [0.15, 0.2) is 46.9 Å². The van der Waals surface area contributed by atoms with Crippen molar-refractivity contribution in [2.24, 2.45) is 7.05 Å². The van der Waals surface area contributed by atoms with Crippen molar-refractivity contribution in [3.63, 3.8) is 0 Å². The standard InChI is InChI=1S/C17H16BrFN2/c1-11-12-6-3-4-9-15(12)21(2)16(11)10-20-17-13(18)7-5-8-14(17)19/h3-9,20H,10H2,1-2H3. The van der Waals surface area contributed by atoms with E-state index in [1.165, 1.54) is 22.5 Å². The molecule has 0 aliphatic carbocycles. The lowest BCUT2D eigenvalue weighted by atomic mass is 10.1. The molecule has 1 aromatic heterocycles. The molecule has 108 valence electrons. The molecule has 0 spiro atoms. The van der Waals surface area contributed by atoms with E-state index in [2.05, 4.69) is 44.9 Å². The smallest absolute Gasteiger partial charge is 0.147 e. The maximum absolute atomic E-state index is 13.9. The van der Waals surface area contributed by atoms with Crippen LogP contribution in [0.5, 0.6) is 0 Å². The minimum atomic E-state index is -0.249. The van der Waals surface area contributed by atoms with Crippen molar-refractivity contribution in [3.8, 4) is 0 Å². The SMILES string of the molecule is Cc1c(CNc2c(F)cccc2Br)n(C)c2ccccc12. The van der Waals surface area contributed by atoms with Crippen LogP contribution in [0.3, 0.4) is 0 Å². The van der Waals surface area contributed by atoms with Gasteiger partial charge in [0.05, 0.1) is 12.2 Å². The average Bonchev–Trinajstić information content (AvgIpc) is 2.72. The highest BCUT2D eigenvalue weighted by atomic mass is 79.9. The Kier molecular flexibility index (Phi) is 3.72. The van der Waals surface area contributed by atoms with Gasteiger partial charge in [-0.1, -0.05) is 24.3 Å². The maximum Gasteiger partial charge on any atom is 0.147 e. The van der Waals surface area contributed by atoms with Crippen molar-refractivity contribution < 1.29 is 4.39 Å². The fourth-order valence-corrected chi connectivity index (χ4v) is 3.21. The summed E-state index contributed by atoms with van der Waals surface area (Å²) in [5.41, 5.74) is 4.08. The zero-order chi connectivity index (χ0) is 15.0. The van der Waals surface area contributed by atoms with E-state index in [4.69, 9.17) is 0 Å². The lowest BCUT2D eigenvalue weighted by Gasteiger charge is -2.11. The summed E-state index contributed by atoms with van der Waals surface area (Å²) < 4.78 is 16.8. The first-order valence-corrected chi connectivity index (χ1v) is 7.59. The van der Waals surface area contributed by atoms with Crippen molar-refractivity contribution in [2.45, 2.75) is 13.5 Å². The Morgan fingerprint density at radius 2 is 1.90 bits per heavy atom. The van der Waals surface area contributed by atoms with E-state index in [0.29, 0.717) is 12.2 Å². The zero-order valence-electron chi connectivity index (χ0n) is 12.0. The first kappa shape index (κ1) is 14.1. The quantitative estimate of drug-likeness (QED) is 0.706. The summed E-state index contributed by atoms with van der Waals surface area (Å²) in [4.78, 5) is 0.